The number of rotatable bonds is 4. The summed E-state index contributed by atoms with van der Waals surface area (Å²) in [6.07, 6.45) is 0. The molecule has 0 aliphatic heterocycles. The maximum atomic E-state index is 14.0. The van der Waals surface area contributed by atoms with Crippen molar-refractivity contribution < 1.29 is 27.1 Å². The van der Waals surface area contributed by atoms with Crippen LogP contribution in [-0.4, -0.2) is 29.7 Å². The molecule has 0 saturated heterocycles. The SMILES string of the molecule is Cc1nnc(CS(=O)(=O)c2cc(Cl)cc(C(=O)O)c2F)o1. The number of carbonyl (C=O) groups is 1. The summed E-state index contributed by atoms with van der Waals surface area (Å²) in [5, 5.41) is 15.6. The summed E-state index contributed by atoms with van der Waals surface area (Å²) in [5.74, 6) is -3.85. The van der Waals surface area contributed by atoms with E-state index in [1.807, 2.05) is 0 Å². The van der Waals surface area contributed by atoms with Crippen LogP contribution >= 0.6 is 11.6 Å². The first-order chi connectivity index (χ1) is 9.70. The third-order valence-corrected chi connectivity index (χ3v) is 4.26. The highest BCUT2D eigenvalue weighted by Crippen LogP contribution is 2.26. The number of carboxylic acids is 1. The van der Waals surface area contributed by atoms with Crippen molar-refractivity contribution in [1.82, 2.24) is 10.2 Å². The second-order valence-corrected chi connectivity index (χ2v) is 6.44. The molecule has 2 rings (SSSR count). The summed E-state index contributed by atoms with van der Waals surface area (Å²) in [6, 6.07) is 1.66. The second kappa shape index (κ2) is 5.41. The Balaban J connectivity index is 2.52. The van der Waals surface area contributed by atoms with Gasteiger partial charge in [0, 0.05) is 11.9 Å². The quantitative estimate of drug-likeness (QED) is 0.908. The third-order valence-electron chi connectivity index (χ3n) is 2.45. The van der Waals surface area contributed by atoms with Crippen molar-refractivity contribution in [3.8, 4) is 0 Å². The number of aromatic carboxylic acids is 1. The summed E-state index contributed by atoms with van der Waals surface area (Å²) < 4.78 is 43.2. The summed E-state index contributed by atoms with van der Waals surface area (Å²) >= 11 is 5.63. The van der Waals surface area contributed by atoms with Crippen molar-refractivity contribution in [3.05, 3.63) is 40.3 Å². The van der Waals surface area contributed by atoms with Crippen LogP contribution in [0.25, 0.3) is 0 Å². The van der Waals surface area contributed by atoms with Crippen LogP contribution in [0.4, 0.5) is 4.39 Å². The highest BCUT2D eigenvalue weighted by Gasteiger charge is 2.27. The number of aromatic nitrogens is 2. The van der Waals surface area contributed by atoms with Crippen molar-refractivity contribution >= 4 is 27.4 Å². The molecule has 2 aromatic rings. The molecule has 1 aromatic heterocycles. The molecule has 1 heterocycles. The lowest BCUT2D eigenvalue weighted by atomic mass is 10.2. The van der Waals surface area contributed by atoms with Crippen LogP contribution in [0.1, 0.15) is 22.1 Å². The molecule has 10 heteroatoms. The lowest BCUT2D eigenvalue weighted by Gasteiger charge is -2.07. The lowest BCUT2D eigenvalue weighted by Crippen LogP contribution is -2.11. The molecule has 1 aromatic carbocycles. The fraction of sp³-hybridized carbons (Fsp3) is 0.182. The van der Waals surface area contributed by atoms with Gasteiger partial charge in [-0.25, -0.2) is 17.6 Å². The van der Waals surface area contributed by atoms with Gasteiger partial charge >= 0.3 is 5.97 Å². The van der Waals surface area contributed by atoms with E-state index in [-0.39, 0.29) is 16.8 Å². The molecule has 21 heavy (non-hydrogen) atoms. The standard InChI is InChI=1S/C11H8ClFN2O5S/c1-5-14-15-9(20-5)4-21(18,19)8-3-6(12)2-7(10(8)13)11(16)17/h2-3H,4H2,1H3,(H,16,17). The summed E-state index contributed by atoms with van der Waals surface area (Å²) in [5.41, 5.74) is -0.831. The van der Waals surface area contributed by atoms with Gasteiger partial charge in [-0.15, -0.1) is 10.2 Å². The first kappa shape index (κ1) is 15.4. The Labute approximate surface area is 123 Å². The highest BCUT2D eigenvalue weighted by molar-refractivity contribution is 7.90. The normalized spacial score (nSPS) is 11.6. The predicted octanol–water partition coefficient (Wildman–Crippen LogP) is 1.84. The maximum absolute atomic E-state index is 14.0. The number of hydrogen-bond donors (Lipinski definition) is 1. The van der Waals surface area contributed by atoms with E-state index < -0.39 is 37.8 Å². The first-order valence-corrected chi connectivity index (χ1v) is 7.48. The number of benzene rings is 1. The molecule has 0 radical (unpaired) electrons. The van der Waals surface area contributed by atoms with Gasteiger partial charge in [-0.3, -0.25) is 0 Å². The van der Waals surface area contributed by atoms with Gasteiger partial charge in [0.05, 0.1) is 5.56 Å². The van der Waals surface area contributed by atoms with Crippen molar-refractivity contribution in [2.75, 3.05) is 0 Å². The maximum Gasteiger partial charge on any atom is 0.338 e. The molecule has 0 aliphatic rings. The topological polar surface area (TPSA) is 110 Å². The lowest BCUT2D eigenvalue weighted by molar-refractivity contribution is 0.0691. The molecule has 0 aliphatic carbocycles. The molecule has 0 spiro atoms. The minimum atomic E-state index is -4.23. The summed E-state index contributed by atoms with van der Waals surface area (Å²) in [4.78, 5) is 10.1. The van der Waals surface area contributed by atoms with E-state index >= 15 is 0 Å². The van der Waals surface area contributed by atoms with Gasteiger partial charge in [-0.2, -0.15) is 0 Å². The molecule has 7 nitrogen and oxygen atoms in total. The Morgan fingerprint density at radius 1 is 1.43 bits per heavy atom. The average molecular weight is 335 g/mol. The molecule has 112 valence electrons. The minimum absolute atomic E-state index is 0.151. The van der Waals surface area contributed by atoms with Crippen molar-refractivity contribution in [3.63, 3.8) is 0 Å². The highest BCUT2D eigenvalue weighted by atomic mass is 35.5. The number of nitrogens with zero attached hydrogens (tertiary/aromatic N) is 2. The Morgan fingerprint density at radius 2 is 2.10 bits per heavy atom. The number of sulfone groups is 1. The van der Waals surface area contributed by atoms with Gasteiger partial charge in [0.2, 0.25) is 11.8 Å². The second-order valence-electron chi connectivity index (χ2n) is 4.04. The number of halogens is 2. The molecular formula is C11H8ClFN2O5S. The monoisotopic (exact) mass is 334 g/mol. The molecule has 0 atom stereocenters. The van der Waals surface area contributed by atoms with E-state index in [2.05, 4.69) is 10.2 Å². The molecule has 0 unspecified atom stereocenters. The van der Waals surface area contributed by atoms with Crippen LogP contribution in [0.5, 0.6) is 0 Å². The molecule has 0 bridgehead atoms. The molecule has 0 amide bonds. The average Bonchev–Trinajstić information content (AvgIpc) is 2.76. The molecule has 0 saturated carbocycles. The number of aryl methyl sites for hydroxylation is 1. The molecule has 1 N–H and O–H groups in total. The molecular weight excluding hydrogens is 327 g/mol. The van der Waals surface area contributed by atoms with Crippen LogP contribution in [0.15, 0.2) is 21.4 Å². The van der Waals surface area contributed by atoms with Crippen LogP contribution in [0, 0.1) is 12.7 Å². The van der Waals surface area contributed by atoms with Gasteiger partial charge in [0.25, 0.3) is 0 Å². The van der Waals surface area contributed by atoms with E-state index in [0.29, 0.717) is 0 Å². The predicted molar refractivity (Wildman–Crippen MR) is 68.3 cm³/mol. The minimum Gasteiger partial charge on any atom is -0.478 e. The van der Waals surface area contributed by atoms with E-state index in [9.17, 15) is 17.6 Å². The Bertz CT molecular complexity index is 818. The van der Waals surface area contributed by atoms with Crippen LogP contribution in [-0.2, 0) is 15.6 Å². The largest absolute Gasteiger partial charge is 0.478 e. The van der Waals surface area contributed by atoms with Gasteiger partial charge in [-0.1, -0.05) is 11.6 Å². The molecule has 0 fully saturated rings. The Morgan fingerprint density at radius 3 is 2.62 bits per heavy atom. The zero-order valence-electron chi connectivity index (χ0n) is 10.5. The summed E-state index contributed by atoms with van der Waals surface area (Å²) in [6.45, 7) is 1.46. The Kier molecular flexibility index (Phi) is 3.97. The van der Waals surface area contributed by atoms with Crippen molar-refractivity contribution in [2.45, 2.75) is 17.6 Å². The van der Waals surface area contributed by atoms with Crippen LogP contribution in [0.2, 0.25) is 5.02 Å². The first-order valence-electron chi connectivity index (χ1n) is 5.45. The zero-order valence-corrected chi connectivity index (χ0v) is 12.1. The number of hydrogen-bond acceptors (Lipinski definition) is 6. The zero-order chi connectivity index (χ0) is 15.8. The van der Waals surface area contributed by atoms with E-state index in [1.165, 1.54) is 6.92 Å². The fourth-order valence-corrected chi connectivity index (χ4v) is 3.15. The Hall–Kier alpha value is -2.00. The van der Waals surface area contributed by atoms with E-state index in [4.69, 9.17) is 21.1 Å². The van der Waals surface area contributed by atoms with Crippen molar-refractivity contribution in [1.29, 1.82) is 0 Å². The van der Waals surface area contributed by atoms with Gasteiger partial charge < -0.3 is 9.52 Å². The fourth-order valence-electron chi connectivity index (χ4n) is 1.58. The van der Waals surface area contributed by atoms with Gasteiger partial charge in [0.1, 0.15) is 10.6 Å². The summed E-state index contributed by atoms with van der Waals surface area (Å²) in [7, 11) is -4.23. The smallest absolute Gasteiger partial charge is 0.338 e. The van der Waals surface area contributed by atoms with Crippen LogP contribution in [0.3, 0.4) is 0 Å². The van der Waals surface area contributed by atoms with Gasteiger partial charge in [0.15, 0.2) is 15.7 Å². The number of carboxylic acid groups (broad SMARTS) is 1. The van der Waals surface area contributed by atoms with Crippen LogP contribution < -0.4 is 0 Å². The van der Waals surface area contributed by atoms with E-state index in [1.54, 1.807) is 0 Å². The van der Waals surface area contributed by atoms with E-state index in [0.717, 1.165) is 12.1 Å². The van der Waals surface area contributed by atoms with Crippen molar-refractivity contribution in [2.24, 2.45) is 0 Å². The third kappa shape index (κ3) is 3.19. The van der Waals surface area contributed by atoms with Gasteiger partial charge in [-0.05, 0) is 12.1 Å².